The lowest BCUT2D eigenvalue weighted by molar-refractivity contribution is -0.137. The fraction of sp³-hybridized carbons (Fsp3) is 0.636. The highest BCUT2D eigenvalue weighted by Gasteiger charge is 2.38. The first-order chi connectivity index (χ1) is 14.5. The maximum absolute atomic E-state index is 13.1. The van der Waals surface area contributed by atoms with Gasteiger partial charge in [0.1, 0.15) is 5.75 Å². The molecule has 30 heavy (non-hydrogen) atoms. The van der Waals surface area contributed by atoms with Gasteiger partial charge in [-0.2, -0.15) is 0 Å². The zero-order valence-electron chi connectivity index (χ0n) is 17.7. The first kappa shape index (κ1) is 21.4. The lowest BCUT2D eigenvalue weighted by atomic mass is 10.1. The maximum Gasteiger partial charge on any atom is 0.228 e. The van der Waals surface area contributed by atoms with Gasteiger partial charge in [0, 0.05) is 57.3 Å². The summed E-state index contributed by atoms with van der Waals surface area (Å²) in [6.45, 7) is 8.33. The Morgan fingerprint density at radius 3 is 2.40 bits per heavy atom. The molecule has 0 spiro atoms. The predicted molar refractivity (Wildman–Crippen MR) is 117 cm³/mol. The van der Waals surface area contributed by atoms with Crippen molar-refractivity contribution in [1.29, 1.82) is 0 Å². The van der Waals surface area contributed by atoms with E-state index in [9.17, 15) is 9.59 Å². The number of halogens is 1. The van der Waals surface area contributed by atoms with Crippen LogP contribution in [-0.4, -0.2) is 92.5 Å². The van der Waals surface area contributed by atoms with Crippen LogP contribution in [0, 0.1) is 5.92 Å². The molecule has 0 bridgehead atoms. The molecule has 3 fully saturated rings. The van der Waals surface area contributed by atoms with E-state index in [0.29, 0.717) is 23.0 Å². The van der Waals surface area contributed by atoms with Crippen LogP contribution < -0.4 is 9.64 Å². The summed E-state index contributed by atoms with van der Waals surface area (Å²) in [5.74, 6) is 0.314. The third kappa shape index (κ3) is 4.74. The summed E-state index contributed by atoms with van der Waals surface area (Å²) in [6.07, 6.45) is 2.88. The van der Waals surface area contributed by atoms with Gasteiger partial charge < -0.3 is 19.4 Å². The second-order valence-electron chi connectivity index (χ2n) is 8.44. The number of hydrogen-bond donors (Lipinski definition) is 0. The van der Waals surface area contributed by atoms with Gasteiger partial charge in [-0.15, -0.1) is 0 Å². The highest BCUT2D eigenvalue weighted by Crippen LogP contribution is 2.35. The van der Waals surface area contributed by atoms with E-state index in [1.54, 1.807) is 30.2 Å². The van der Waals surface area contributed by atoms with Crippen molar-refractivity contribution in [3.8, 4) is 5.75 Å². The van der Waals surface area contributed by atoms with Crippen LogP contribution >= 0.6 is 11.6 Å². The van der Waals surface area contributed by atoms with Crippen LogP contribution in [0.1, 0.15) is 19.3 Å². The van der Waals surface area contributed by atoms with Crippen molar-refractivity contribution in [2.24, 2.45) is 5.92 Å². The molecule has 3 heterocycles. The summed E-state index contributed by atoms with van der Waals surface area (Å²) in [5.41, 5.74) is 0.636. The van der Waals surface area contributed by atoms with Crippen LogP contribution in [0.2, 0.25) is 5.02 Å². The number of likely N-dealkylation sites (tertiary alicyclic amines) is 1. The Balaban J connectivity index is 1.30. The molecule has 3 aliphatic rings. The normalized spacial score (nSPS) is 23.4. The molecular formula is C22H31ClN4O3. The second-order valence-corrected chi connectivity index (χ2v) is 8.87. The van der Waals surface area contributed by atoms with E-state index < -0.39 is 0 Å². The minimum atomic E-state index is -0.308. The average molecular weight is 435 g/mol. The molecule has 4 rings (SSSR count). The summed E-state index contributed by atoms with van der Waals surface area (Å²) >= 11 is 6.13. The van der Waals surface area contributed by atoms with Gasteiger partial charge in [0.25, 0.3) is 0 Å². The molecule has 0 aromatic heterocycles. The molecule has 3 aliphatic heterocycles. The Hall–Kier alpha value is -1.83. The van der Waals surface area contributed by atoms with Crippen molar-refractivity contribution in [2.45, 2.75) is 19.3 Å². The van der Waals surface area contributed by atoms with E-state index in [4.69, 9.17) is 16.3 Å². The fourth-order valence-electron chi connectivity index (χ4n) is 4.72. The Bertz CT molecular complexity index is 776. The van der Waals surface area contributed by atoms with Gasteiger partial charge >= 0.3 is 0 Å². The molecule has 1 unspecified atom stereocenters. The number of piperazine rings is 1. The molecule has 164 valence electrons. The molecule has 1 atom stereocenters. The quantitative estimate of drug-likeness (QED) is 0.685. The highest BCUT2D eigenvalue weighted by molar-refractivity contribution is 6.31. The van der Waals surface area contributed by atoms with Crippen LogP contribution in [0.3, 0.4) is 0 Å². The standard InChI is InChI=1S/C22H31ClN4O3/c1-30-20-5-4-18(23)15-19(20)27-16-17(14-21(27)28)22(29)26-12-10-25(11-13-26)9-8-24-6-2-3-7-24/h4-5,15,17H,2-3,6-14,16H2,1H3. The van der Waals surface area contributed by atoms with Crippen molar-refractivity contribution in [3.05, 3.63) is 23.2 Å². The highest BCUT2D eigenvalue weighted by atomic mass is 35.5. The number of nitrogens with zero attached hydrogens (tertiary/aromatic N) is 4. The SMILES string of the molecule is COc1ccc(Cl)cc1N1CC(C(=O)N2CCN(CCN3CCCC3)CC2)CC1=O. The lowest BCUT2D eigenvalue weighted by Crippen LogP contribution is -2.51. The van der Waals surface area contributed by atoms with Crippen LogP contribution in [0.5, 0.6) is 5.75 Å². The Morgan fingerprint density at radius 2 is 1.73 bits per heavy atom. The Labute approximate surface area is 183 Å². The molecule has 1 aromatic rings. The molecular weight excluding hydrogens is 404 g/mol. The van der Waals surface area contributed by atoms with Gasteiger partial charge in [0.2, 0.25) is 11.8 Å². The van der Waals surface area contributed by atoms with E-state index in [-0.39, 0.29) is 24.2 Å². The Kier molecular flexibility index (Phi) is 6.80. The average Bonchev–Trinajstić information content (AvgIpc) is 3.42. The van der Waals surface area contributed by atoms with E-state index in [0.717, 1.165) is 39.3 Å². The summed E-state index contributed by atoms with van der Waals surface area (Å²) in [6, 6.07) is 5.21. The van der Waals surface area contributed by atoms with Gasteiger partial charge in [-0.1, -0.05) is 11.6 Å². The van der Waals surface area contributed by atoms with Crippen molar-refractivity contribution in [2.75, 3.05) is 70.9 Å². The summed E-state index contributed by atoms with van der Waals surface area (Å²) < 4.78 is 5.39. The van der Waals surface area contributed by atoms with Crippen LogP contribution in [-0.2, 0) is 9.59 Å². The van der Waals surface area contributed by atoms with Gasteiger partial charge in [-0.25, -0.2) is 0 Å². The van der Waals surface area contributed by atoms with Gasteiger partial charge in [-0.05, 0) is 44.1 Å². The predicted octanol–water partition coefficient (Wildman–Crippen LogP) is 1.94. The number of methoxy groups -OCH3 is 1. The van der Waals surface area contributed by atoms with Crippen LogP contribution in [0.25, 0.3) is 0 Å². The van der Waals surface area contributed by atoms with Gasteiger partial charge in [0.05, 0.1) is 18.7 Å². The fourth-order valence-corrected chi connectivity index (χ4v) is 4.89. The van der Waals surface area contributed by atoms with Crippen molar-refractivity contribution in [1.82, 2.24) is 14.7 Å². The number of anilines is 1. The molecule has 8 heteroatoms. The number of benzene rings is 1. The number of rotatable bonds is 6. The number of carbonyl (C=O) groups is 2. The number of amides is 2. The summed E-state index contributed by atoms with van der Waals surface area (Å²) in [7, 11) is 1.57. The molecule has 3 saturated heterocycles. The molecule has 0 radical (unpaired) electrons. The second kappa shape index (κ2) is 9.54. The molecule has 1 aromatic carbocycles. The number of carbonyl (C=O) groups excluding carboxylic acids is 2. The van der Waals surface area contributed by atoms with Crippen molar-refractivity contribution >= 4 is 29.1 Å². The maximum atomic E-state index is 13.1. The van der Waals surface area contributed by atoms with E-state index in [2.05, 4.69) is 9.80 Å². The van der Waals surface area contributed by atoms with E-state index in [1.807, 2.05) is 4.90 Å². The van der Waals surface area contributed by atoms with Gasteiger partial charge in [-0.3, -0.25) is 14.5 Å². The first-order valence-corrected chi connectivity index (χ1v) is 11.3. The minimum Gasteiger partial charge on any atom is -0.495 e. The molecule has 2 amide bonds. The van der Waals surface area contributed by atoms with E-state index >= 15 is 0 Å². The molecule has 0 N–H and O–H groups in total. The molecule has 7 nitrogen and oxygen atoms in total. The van der Waals surface area contributed by atoms with Crippen molar-refractivity contribution in [3.63, 3.8) is 0 Å². The summed E-state index contributed by atoms with van der Waals surface area (Å²) in [4.78, 5) is 34.3. The van der Waals surface area contributed by atoms with Crippen LogP contribution in [0.4, 0.5) is 5.69 Å². The topological polar surface area (TPSA) is 56.3 Å². The van der Waals surface area contributed by atoms with Gasteiger partial charge in [0.15, 0.2) is 0 Å². The summed E-state index contributed by atoms with van der Waals surface area (Å²) in [5, 5.41) is 0.540. The number of hydrogen-bond acceptors (Lipinski definition) is 5. The van der Waals surface area contributed by atoms with E-state index in [1.165, 1.54) is 25.9 Å². The molecule has 0 saturated carbocycles. The third-order valence-corrected chi connectivity index (χ3v) is 6.76. The largest absolute Gasteiger partial charge is 0.495 e. The lowest BCUT2D eigenvalue weighted by Gasteiger charge is -2.36. The van der Waals surface area contributed by atoms with Crippen molar-refractivity contribution < 1.29 is 14.3 Å². The minimum absolute atomic E-state index is 0.0573. The molecule has 0 aliphatic carbocycles. The van der Waals surface area contributed by atoms with Crippen LogP contribution in [0.15, 0.2) is 18.2 Å². The number of ether oxygens (including phenoxy) is 1. The monoisotopic (exact) mass is 434 g/mol. The third-order valence-electron chi connectivity index (χ3n) is 6.52. The Morgan fingerprint density at radius 1 is 1.07 bits per heavy atom. The zero-order valence-corrected chi connectivity index (χ0v) is 18.4. The first-order valence-electron chi connectivity index (χ1n) is 10.9. The zero-order chi connectivity index (χ0) is 21.1. The smallest absolute Gasteiger partial charge is 0.228 e.